The molecule has 1 N–H and O–H groups in total. The highest BCUT2D eigenvalue weighted by atomic mass is 15.1. The average molecular weight is 353 g/mol. The van der Waals surface area contributed by atoms with Crippen molar-refractivity contribution in [2.45, 2.75) is 53.0 Å². The molecule has 142 valence electrons. The number of aryl methyl sites for hydroxylation is 1. The number of benzene rings is 2. The predicted molar refractivity (Wildman–Crippen MR) is 115 cm³/mol. The lowest BCUT2D eigenvalue weighted by Gasteiger charge is -2.22. The minimum absolute atomic E-state index is 0.948. The van der Waals surface area contributed by atoms with Crippen molar-refractivity contribution in [1.29, 1.82) is 0 Å². The largest absolute Gasteiger partial charge is 0.311 e. The minimum atomic E-state index is 0.948. The SMILES string of the molecule is CCCCN(CCCC)CCNCc1ccc(-c2cccc(C)c2)cc1. The van der Waals surface area contributed by atoms with Gasteiger partial charge in [0.05, 0.1) is 0 Å². The van der Waals surface area contributed by atoms with E-state index in [-0.39, 0.29) is 0 Å². The second-order valence-corrected chi connectivity index (χ2v) is 7.29. The molecule has 0 heterocycles. The molecule has 26 heavy (non-hydrogen) atoms. The first-order valence-electron chi connectivity index (χ1n) is 10.3. The monoisotopic (exact) mass is 352 g/mol. The van der Waals surface area contributed by atoms with Gasteiger partial charge in [-0.3, -0.25) is 0 Å². The van der Waals surface area contributed by atoms with Crippen LogP contribution in [-0.2, 0) is 6.54 Å². The fraction of sp³-hybridized carbons (Fsp3) is 0.500. The third-order valence-corrected chi connectivity index (χ3v) is 4.90. The van der Waals surface area contributed by atoms with Crippen LogP contribution in [0.25, 0.3) is 11.1 Å². The van der Waals surface area contributed by atoms with Crippen LogP contribution in [0.4, 0.5) is 0 Å². The number of nitrogens with zero attached hydrogens (tertiary/aromatic N) is 1. The molecule has 0 aliphatic carbocycles. The second-order valence-electron chi connectivity index (χ2n) is 7.29. The highest BCUT2D eigenvalue weighted by molar-refractivity contribution is 5.64. The maximum atomic E-state index is 3.61. The first-order chi connectivity index (χ1) is 12.7. The van der Waals surface area contributed by atoms with Crippen molar-refractivity contribution in [3.05, 3.63) is 59.7 Å². The predicted octanol–water partition coefficient (Wildman–Crippen LogP) is 5.65. The fourth-order valence-corrected chi connectivity index (χ4v) is 3.21. The van der Waals surface area contributed by atoms with Crippen LogP contribution < -0.4 is 5.32 Å². The van der Waals surface area contributed by atoms with Gasteiger partial charge in [0, 0.05) is 19.6 Å². The van der Waals surface area contributed by atoms with Gasteiger partial charge in [-0.25, -0.2) is 0 Å². The molecule has 0 atom stereocenters. The van der Waals surface area contributed by atoms with Gasteiger partial charge in [-0.2, -0.15) is 0 Å². The van der Waals surface area contributed by atoms with Crippen molar-refractivity contribution in [3.63, 3.8) is 0 Å². The molecule has 0 saturated heterocycles. The normalized spacial score (nSPS) is 11.2. The number of hydrogen-bond acceptors (Lipinski definition) is 2. The average Bonchev–Trinajstić information content (AvgIpc) is 2.67. The van der Waals surface area contributed by atoms with E-state index in [4.69, 9.17) is 0 Å². The van der Waals surface area contributed by atoms with Crippen LogP contribution in [0.5, 0.6) is 0 Å². The van der Waals surface area contributed by atoms with E-state index >= 15 is 0 Å². The lowest BCUT2D eigenvalue weighted by atomic mass is 10.0. The van der Waals surface area contributed by atoms with Crippen molar-refractivity contribution < 1.29 is 0 Å². The fourth-order valence-electron chi connectivity index (χ4n) is 3.21. The summed E-state index contributed by atoms with van der Waals surface area (Å²) in [6, 6.07) is 17.7. The number of unbranched alkanes of at least 4 members (excludes halogenated alkanes) is 2. The molecule has 2 rings (SSSR count). The molecule has 0 fully saturated rings. The number of rotatable bonds is 12. The van der Waals surface area contributed by atoms with E-state index in [1.807, 2.05) is 0 Å². The molecule has 0 radical (unpaired) electrons. The Morgan fingerprint density at radius 3 is 2.12 bits per heavy atom. The minimum Gasteiger partial charge on any atom is -0.311 e. The highest BCUT2D eigenvalue weighted by Crippen LogP contribution is 2.20. The second kappa shape index (κ2) is 11.9. The molecule has 0 unspecified atom stereocenters. The van der Waals surface area contributed by atoms with Gasteiger partial charge < -0.3 is 10.2 Å². The Kier molecular flexibility index (Phi) is 9.44. The van der Waals surface area contributed by atoms with Crippen LogP contribution >= 0.6 is 0 Å². The van der Waals surface area contributed by atoms with E-state index < -0.39 is 0 Å². The Morgan fingerprint density at radius 1 is 0.808 bits per heavy atom. The molecule has 2 nitrogen and oxygen atoms in total. The lowest BCUT2D eigenvalue weighted by Crippen LogP contribution is -2.33. The molecule has 0 bridgehead atoms. The van der Waals surface area contributed by atoms with Crippen molar-refractivity contribution in [2.75, 3.05) is 26.2 Å². The summed E-state index contributed by atoms with van der Waals surface area (Å²) in [5.41, 5.74) is 5.26. The lowest BCUT2D eigenvalue weighted by molar-refractivity contribution is 0.264. The van der Waals surface area contributed by atoms with Crippen LogP contribution in [-0.4, -0.2) is 31.1 Å². The van der Waals surface area contributed by atoms with Crippen LogP contribution in [0.1, 0.15) is 50.7 Å². The van der Waals surface area contributed by atoms with E-state index in [0.29, 0.717) is 0 Å². The molecular formula is C24H36N2. The Balaban J connectivity index is 1.76. The number of hydrogen-bond donors (Lipinski definition) is 1. The summed E-state index contributed by atoms with van der Waals surface area (Å²) in [4.78, 5) is 2.61. The molecule has 0 saturated carbocycles. The zero-order valence-electron chi connectivity index (χ0n) is 16.9. The van der Waals surface area contributed by atoms with Crippen LogP contribution in [0.15, 0.2) is 48.5 Å². The van der Waals surface area contributed by atoms with E-state index in [9.17, 15) is 0 Å². The van der Waals surface area contributed by atoms with E-state index in [0.717, 1.165) is 19.6 Å². The molecule has 2 aromatic rings. The molecule has 0 aliphatic rings. The van der Waals surface area contributed by atoms with Gasteiger partial charge in [-0.1, -0.05) is 80.8 Å². The zero-order chi connectivity index (χ0) is 18.6. The zero-order valence-corrected chi connectivity index (χ0v) is 16.9. The summed E-state index contributed by atoms with van der Waals surface area (Å²) in [6.45, 7) is 12.3. The first kappa shape index (κ1) is 20.7. The van der Waals surface area contributed by atoms with Gasteiger partial charge >= 0.3 is 0 Å². The Morgan fingerprint density at radius 2 is 1.50 bits per heavy atom. The Labute approximate surface area is 160 Å². The van der Waals surface area contributed by atoms with Gasteiger partial charge in [0.15, 0.2) is 0 Å². The molecule has 0 aliphatic heterocycles. The molecular weight excluding hydrogens is 316 g/mol. The first-order valence-corrected chi connectivity index (χ1v) is 10.3. The maximum absolute atomic E-state index is 3.61. The molecule has 2 heteroatoms. The van der Waals surface area contributed by atoms with Gasteiger partial charge in [0.1, 0.15) is 0 Å². The van der Waals surface area contributed by atoms with Crippen molar-refractivity contribution >= 4 is 0 Å². The molecule has 0 amide bonds. The van der Waals surface area contributed by atoms with Gasteiger partial charge in [0.25, 0.3) is 0 Å². The van der Waals surface area contributed by atoms with Crippen LogP contribution in [0, 0.1) is 6.92 Å². The van der Waals surface area contributed by atoms with Crippen LogP contribution in [0.3, 0.4) is 0 Å². The van der Waals surface area contributed by atoms with E-state index in [2.05, 4.69) is 79.5 Å². The van der Waals surface area contributed by atoms with E-state index in [1.165, 1.54) is 61.0 Å². The Bertz CT molecular complexity index is 610. The van der Waals surface area contributed by atoms with Crippen molar-refractivity contribution in [2.24, 2.45) is 0 Å². The summed E-state index contributed by atoms with van der Waals surface area (Å²) in [6.07, 6.45) is 5.18. The smallest absolute Gasteiger partial charge is 0.0206 e. The van der Waals surface area contributed by atoms with E-state index in [1.54, 1.807) is 0 Å². The highest BCUT2D eigenvalue weighted by Gasteiger charge is 2.03. The summed E-state index contributed by atoms with van der Waals surface area (Å²) in [5.74, 6) is 0. The Hall–Kier alpha value is -1.64. The summed E-state index contributed by atoms with van der Waals surface area (Å²) in [5, 5.41) is 3.61. The standard InChI is InChI=1S/C24H36N2/c1-4-6-16-26(17-7-5-2)18-15-25-20-22-11-13-23(14-12-22)24-10-8-9-21(3)19-24/h8-14,19,25H,4-7,15-18,20H2,1-3H3. The molecule has 0 aromatic heterocycles. The topological polar surface area (TPSA) is 15.3 Å². The van der Waals surface area contributed by atoms with Gasteiger partial charge in [0.2, 0.25) is 0 Å². The summed E-state index contributed by atoms with van der Waals surface area (Å²) >= 11 is 0. The summed E-state index contributed by atoms with van der Waals surface area (Å²) < 4.78 is 0. The quantitative estimate of drug-likeness (QED) is 0.496. The third kappa shape index (κ3) is 7.31. The van der Waals surface area contributed by atoms with Crippen molar-refractivity contribution in [1.82, 2.24) is 10.2 Å². The van der Waals surface area contributed by atoms with Gasteiger partial charge in [-0.05, 0) is 49.5 Å². The molecule has 0 spiro atoms. The van der Waals surface area contributed by atoms with Gasteiger partial charge in [-0.15, -0.1) is 0 Å². The summed E-state index contributed by atoms with van der Waals surface area (Å²) in [7, 11) is 0. The van der Waals surface area contributed by atoms with Crippen LogP contribution in [0.2, 0.25) is 0 Å². The maximum Gasteiger partial charge on any atom is 0.0206 e. The van der Waals surface area contributed by atoms with Crippen molar-refractivity contribution in [3.8, 4) is 11.1 Å². The number of nitrogens with one attached hydrogen (secondary N) is 1. The third-order valence-electron chi connectivity index (χ3n) is 4.90. The molecule has 2 aromatic carbocycles.